The van der Waals surface area contributed by atoms with Crippen LogP contribution in [0.4, 0.5) is 0 Å². The molecule has 0 N–H and O–H groups in total. The monoisotopic (exact) mass is 614 g/mol. The van der Waals surface area contributed by atoms with Gasteiger partial charge in [-0.2, -0.15) is 0 Å². The quantitative estimate of drug-likeness (QED) is 0.0706. The van der Waals surface area contributed by atoms with E-state index in [4.69, 9.17) is 23.1 Å². The van der Waals surface area contributed by atoms with Crippen LogP contribution in [0.5, 0.6) is 0 Å². The third-order valence-corrected chi connectivity index (χ3v) is 19.1. The van der Waals surface area contributed by atoms with Crippen molar-refractivity contribution in [1.82, 2.24) is 0 Å². The van der Waals surface area contributed by atoms with Crippen LogP contribution in [0.2, 0.25) is 36.3 Å². The summed E-state index contributed by atoms with van der Waals surface area (Å²) in [6, 6.07) is 6.18. The zero-order valence-electron chi connectivity index (χ0n) is 27.7. The minimum absolute atomic E-state index is 0.159. The van der Waals surface area contributed by atoms with Crippen molar-refractivity contribution in [3.8, 4) is 0 Å². The van der Waals surface area contributed by atoms with Crippen LogP contribution in [0.1, 0.15) is 88.5 Å². The number of hydrogen-bond donors (Lipinski definition) is 0. The van der Waals surface area contributed by atoms with Gasteiger partial charge in [-0.25, -0.2) is 4.79 Å². The van der Waals surface area contributed by atoms with E-state index < -0.39 is 51.8 Å². The van der Waals surface area contributed by atoms with E-state index in [0.29, 0.717) is 25.0 Å². The zero-order valence-corrected chi connectivity index (χ0v) is 29.7. The molecule has 238 valence electrons. The second-order valence-corrected chi connectivity index (χ2v) is 21.6. The number of carbonyl (C=O) groups is 3. The molecule has 1 aliphatic heterocycles. The highest BCUT2D eigenvalue weighted by atomic mass is 28.4. The first-order chi connectivity index (χ1) is 19.2. The lowest BCUT2D eigenvalue weighted by molar-refractivity contribution is -0.221. The maximum atomic E-state index is 12.5. The Kier molecular flexibility index (Phi) is 15.2. The summed E-state index contributed by atoms with van der Waals surface area (Å²) in [5.41, 5.74) is -1.68. The van der Waals surface area contributed by atoms with Crippen molar-refractivity contribution in [2.24, 2.45) is 5.41 Å². The van der Waals surface area contributed by atoms with Crippen molar-refractivity contribution in [1.29, 1.82) is 0 Å². The van der Waals surface area contributed by atoms with E-state index >= 15 is 0 Å². The lowest BCUT2D eigenvalue weighted by atomic mass is 9.69. The lowest BCUT2D eigenvalue weighted by Gasteiger charge is -2.52. The fourth-order valence-electron chi connectivity index (χ4n) is 5.78. The SMILES string of the molecule is CCC(=O)O[C@H]1/C(=C/C(=O)OC)C[C@@H](CC(CO[Si](CC)(CC)CC)O[Si](CC)(CC)CC)O[C@@]1(C)C(C)(C)C=O. The zero-order chi connectivity index (χ0) is 31.5. The van der Waals surface area contributed by atoms with Crippen LogP contribution in [0.15, 0.2) is 11.6 Å². The summed E-state index contributed by atoms with van der Waals surface area (Å²) in [5.74, 6) is -0.973. The molecule has 0 amide bonds. The van der Waals surface area contributed by atoms with Crippen molar-refractivity contribution in [2.45, 2.75) is 149 Å². The molecular weight excluding hydrogens is 557 g/mol. The van der Waals surface area contributed by atoms with Gasteiger partial charge in [0.1, 0.15) is 11.9 Å². The van der Waals surface area contributed by atoms with Gasteiger partial charge in [0.2, 0.25) is 0 Å². The van der Waals surface area contributed by atoms with E-state index in [2.05, 4.69) is 41.5 Å². The molecule has 10 heteroatoms. The van der Waals surface area contributed by atoms with Gasteiger partial charge in [0.15, 0.2) is 22.7 Å². The molecule has 0 aromatic carbocycles. The number of ether oxygens (including phenoxy) is 3. The van der Waals surface area contributed by atoms with Crippen LogP contribution in [-0.2, 0) is 37.4 Å². The Hall–Kier alpha value is -1.34. The van der Waals surface area contributed by atoms with Crippen LogP contribution in [0.25, 0.3) is 0 Å². The molecular formula is C31H58O8Si2. The molecule has 0 spiro atoms. The van der Waals surface area contributed by atoms with E-state index in [9.17, 15) is 14.4 Å². The summed E-state index contributed by atoms with van der Waals surface area (Å²) in [7, 11) is -2.55. The predicted molar refractivity (Wildman–Crippen MR) is 168 cm³/mol. The molecule has 0 radical (unpaired) electrons. The van der Waals surface area contributed by atoms with Gasteiger partial charge < -0.3 is 27.9 Å². The van der Waals surface area contributed by atoms with Crippen molar-refractivity contribution < 1.29 is 37.4 Å². The molecule has 0 aromatic rings. The van der Waals surface area contributed by atoms with Crippen molar-refractivity contribution in [3.05, 3.63) is 11.6 Å². The third kappa shape index (κ3) is 9.32. The van der Waals surface area contributed by atoms with Crippen LogP contribution in [-0.4, -0.2) is 72.5 Å². The number of carbonyl (C=O) groups excluding carboxylic acids is 3. The summed E-state index contributed by atoms with van der Waals surface area (Å²) < 4.78 is 31.4. The van der Waals surface area contributed by atoms with Crippen molar-refractivity contribution in [2.75, 3.05) is 13.7 Å². The molecule has 1 aliphatic rings. The first-order valence-electron chi connectivity index (χ1n) is 15.7. The van der Waals surface area contributed by atoms with Gasteiger partial charge >= 0.3 is 11.9 Å². The van der Waals surface area contributed by atoms with Gasteiger partial charge in [-0.15, -0.1) is 0 Å². The van der Waals surface area contributed by atoms with Crippen LogP contribution >= 0.6 is 0 Å². The minimum Gasteiger partial charge on any atom is -0.466 e. The van der Waals surface area contributed by atoms with Crippen LogP contribution in [0, 0.1) is 5.41 Å². The van der Waals surface area contributed by atoms with Gasteiger partial charge in [-0.05, 0) is 55.2 Å². The summed E-state index contributed by atoms with van der Waals surface area (Å²) in [6.07, 6.45) is 1.76. The summed E-state index contributed by atoms with van der Waals surface area (Å²) in [6.45, 7) is 20.8. The van der Waals surface area contributed by atoms with E-state index in [1.54, 1.807) is 27.7 Å². The fourth-order valence-corrected chi connectivity index (χ4v) is 11.3. The molecule has 0 aromatic heterocycles. The van der Waals surface area contributed by atoms with E-state index in [1.807, 2.05) is 0 Å². The second-order valence-electron chi connectivity index (χ2n) is 12.1. The first-order valence-corrected chi connectivity index (χ1v) is 20.7. The first kappa shape index (κ1) is 37.7. The van der Waals surface area contributed by atoms with Gasteiger partial charge in [-0.3, -0.25) is 4.79 Å². The maximum absolute atomic E-state index is 12.5. The maximum Gasteiger partial charge on any atom is 0.330 e. The number of hydrogen-bond acceptors (Lipinski definition) is 8. The Balaban J connectivity index is 3.60. The molecule has 1 unspecified atom stereocenters. The largest absolute Gasteiger partial charge is 0.466 e. The normalized spacial score (nSPS) is 23.7. The Morgan fingerprint density at radius 3 is 1.98 bits per heavy atom. The number of rotatable bonds is 18. The number of methoxy groups -OCH3 is 1. The highest BCUT2D eigenvalue weighted by Crippen LogP contribution is 2.46. The summed E-state index contributed by atoms with van der Waals surface area (Å²) >= 11 is 0. The van der Waals surface area contributed by atoms with Crippen LogP contribution < -0.4 is 0 Å². The Morgan fingerprint density at radius 1 is 1.00 bits per heavy atom. The Labute approximate surface area is 251 Å². The standard InChI is InChI=1S/C31H58O8Si2/c1-12-27(33)37-29-24(20-28(34)35-11)19-25(38-31(29,10)30(8,9)23-32)21-26(39-41(16-5,17-6)18-7)22-36-40(13-2,14-3)15-4/h20,23,25-26,29H,12-19,21-22H2,1-11H3/b24-20+/t25-,26?,29-,31+/m0/s1. The molecule has 1 rings (SSSR count). The molecule has 0 bridgehead atoms. The Morgan fingerprint density at radius 2 is 1.54 bits per heavy atom. The molecule has 4 atom stereocenters. The van der Waals surface area contributed by atoms with E-state index in [0.717, 1.165) is 42.6 Å². The fraction of sp³-hybridized carbons (Fsp3) is 0.839. The van der Waals surface area contributed by atoms with Gasteiger partial charge in [-0.1, -0.05) is 62.3 Å². The topological polar surface area (TPSA) is 97.4 Å². The molecule has 41 heavy (non-hydrogen) atoms. The van der Waals surface area contributed by atoms with Crippen molar-refractivity contribution >= 4 is 34.9 Å². The number of aldehydes is 1. The average molecular weight is 615 g/mol. The molecule has 1 saturated heterocycles. The predicted octanol–water partition coefficient (Wildman–Crippen LogP) is 6.98. The molecule has 0 saturated carbocycles. The molecule has 1 heterocycles. The van der Waals surface area contributed by atoms with Crippen LogP contribution in [0.3, 0.4) is 0 Å². The second kappa shape index (κ2) is 16.5. The third-order valence-electron chi connectivity index (χ3n) is 9.71. The molecule has 1 fully saturated rings. The molecule has 0 aliphatic carbocycles. The summed E-state index contributed by atoms with van der Waals surface area (Å²) in [5, 5.41) is 0. The van der Waals surface area contributed by atoms with Gasteiger partial charge in [0, 0.05) is 18.9 Å². The highest BCUT2D eigenvalue weighted by Gasteiger charge is 2.56. The van der Waals surface area contributed by atoms with Crippen molar-refractivity contribution in [3.63, 3.8) is 0 Å². The summed E-state index contributed by atoms with van der Waals surface area (Å²) in [4.78, 5) is 37.4. The minimum atomic E-state index is -1.99. The van der Waals surface area contributed by atoms with Gasteiger partial charge in [0.25, 0.3) is 0 Å². The van der Waals surface area contributed by atoms with Gasteiger partial charge in [0.05, 0.1) is 31.3 Å². The average Bonchev–Trinajstić information content (AvgIpc) is 2.98. The lowest BCUT2D eigenvalue weighted by Crippen LogP contribution is -2.61. The van der Waals surface area contributed by atoms with E-state index in [-0.39, 0.29) is 12.5 Å². The molecule has 8 nitrogen and oxygen atoms in total. The Bertz CT molecular complexity index is 865. The smallest absolute Gasteiger partial charge is 0.330 e. The number of esters is 2. The van der Waals surface area contributed by atoms with E-state index in [1.165, 1.54) is 13.2 Å². The highest BCUT2D eigenvalue weighted by molar-refractivity contribution is 6.74.